The molecule has 1 amide bonds. The summed E-state index contributed by atoms with van der Waals surface area (Å²) in [6, 6.07) is 24.0. The molecule has 30 heavy (non-hydrogen) atoms. The predicted octanol–water partition coefficient (Wildman–Crippen LogP) is 4.32. The van der Waals surface area contributed by atoms with E-state index in [4.69, 9.17) is 10.00 Å². The largest absolute Gasteiger partial charge is 0.497 e. The van der Waals surface area contributed by atoms with E-state index in [9.17, 15) is 9.90 Å². The van der Waals surface area contributed by atoms with E-state index < -0.39 is 6.10 Å². The standard InChI is InChI=1S/C24H22N2O3S/c1-29-20-12-10-19(11-13-20)22(27)15-26-24(28)21-4-2-3-5-23(21)30-16-18-8-6-17(14-25)7-9-18/h2-13,22,27H,15-16H2,1H3,(H,26,28). The number of aliphatic hydroxyl groups excluding tert-OH is 1. The summed E-state index contributed by atoms with van der Waals surface area (Å²) in [5.74, 6) is 1.17. The van der Waals surface area contributed by atoms with Gasteiger partial charge >= 0.3 is 0 Å². The van der Waals surface area contributed by atoms with Crippen molar-refractivity contribution >= 4 is 17.7 Å². The molecule has 0 aliphatic heterocycles. The van der Waals surface area contributed by atoms with Gasteiger partial charge in [-0.15, -0.1) is 11.8 Å². The van der Waals surface area contributed by atoms with Gasteiger partial charge in [0.25, 0.3) is 5.91 Å². The molecule has 3 aromatic carbocycles. The van der Waals surface area contributed by atoms with Gasteiger partial charge in [-0.2, -0.15) is 5.26 Å². The highest BCUT2D eigenvalue weighted by Crippen LogP contribution is 2.26. The fourth-order valence-corrected chi connectivity index (χ4v) is 3.85. The van der Waals surface area contributed by atoms with E-state index >= 15 is 0 Å². The van der Waals surface area contributed by atoms with Crippen molar-refractivity contribution in [1.82, 2.24) is 5.32 Å². The topological polar surface area (TPSA) is 82.3 Å². The van der Waals surface area contributed by atoms with Crippen molar-refractivity contribution in [2.75, 3.05) is 13.7 Å². The van der Waals surface area contributed by atoms with Crippen LogP contribution in [0.4, 0.5) is 0 Å². The molecule has 3 aromatic rings. The number of hydrogen-bond donors (Lipinski definition) is 2. The number of thioether (sulfide) groups is 1. The molecule has 0 heterocycles. The zero-order valence-corrected chi connectivity index (χ0v) is 17.4. The lowest BCUT2D eigenvalue weighted by atomic mass is 10.1. The van der Waals surface area contributed by atoms with Crippen molar-refractivity contribution in [3.63, 3.8) is 0 Å². The van der Waals surface area contributed by atoms with E-state index in [1.807, 2.05) is 30.3 Å². The average molecular weight is 419 g/mol. The first kappa shape index (κ1) is 21.4. The normalized spacial score (nSPS) is 11.4. The van der Waals surface area contributed by atoms with Crippen molar-refractivity contribution in [3.05, 3.63) is 95.1 Å². The van der Waals surface area contributed by atoms with Crippen LogP contribution in [0.2, 0.25) is 0 Å². The Bertz CT molecular complexity index is 1030. The SMILES string of the molecule is COc1ccc(C(O)CNC(=O)c2ccccc2SCc2ccc(C#N)cc2)cc1. The summed E-state index contributed by atoms with van der Waals surface area (Å²) in [6.07, 6.45) is -0.807. The Morgan fingerprint density at radius 3 is 2.47 bits per heavy atom. The van der Waals surface area contributed by atoms with E-state index in [1.165, 1.54) is 0 Å². The summed E-state index contributed by atoms with van der Waals surface area (Å²) in [7, 11) is 1.59. The molecule has 0 spiro atoms. The minimum absolute atomic E-state index is 0.111. The quantitative estimate of drug-likeness (QED) is 0.532. The van der Waals surface area contributed by atoms with Crippen LogP contribution in [0.15, 0.2) is 77.7 Å². The highest BCUT2D eigenvalue weighted by molar-refractivity contribution is 7.98. The molecular formula is C24H22N2O3S. The third kappa shape index (κ3) is 5.63. The molecule has 0 aliphatic carbocycles. The highest BCUT2D eigenvalue weighted by Gasteiger charge is 2.14. The van der Waals surface area contributed by atoms with Crippen LogP contribution in [-0.4, -0.2) is 24.7 Å². The molecule has 0 bridgehead atoms. The number of carbonyl (C=O) groups excluding carboxylic acids is 1. The summed E-state index contributed by atoms with van der Waals surface area (Å²) >= 11 is 1.56. The minimum Gasteiger partial charge on any atom is -0.497 e. The molecule has 1 atom stereocenters. The molecule has 0 saturated carbocycles. The molecule has 1 unspecified atom stereocenters. The van der Waals surface area contributed by atoms with Gasteiger partial charge in [-0.05, 0) is 47.5 Å². The number of aliphatic hydroxyl groups is 1. The van der Waals surface area contributed by atoms with Gasteiger partial charge in [-0.3, -0.25) is 4.79 Å². The molecule has 0 aliphatic rings. The molecule has 0 fully saturated rings. The smallest absolute Gasteiger partial charge is 0.252 e. The zero-order chi connectivity index (χ0) is 21.3. The lowest BCUT2D eigenvalue weighted by molar-refractivity contribution is 0.0913. The van der Waals surface area contributed by atoms with Crippen molar-refractivity contribution in [2.24, 2.45) is 0 Å². The van der Waals surface area contributed by atoms with Gasteiger partial charge in [0, 0.05) is 17.2 Å². The van der Waals surface area contributed by atoms with Crippen LogP contribution in [0, 0.1) is 11.3 Å². The van der Waals surface area contributed by atoms with Crippen LogP contribution in [0.25, 0.3) is 0 Å². The molecule has 152 valence electrons. The molecule has 6 heteroatoms. The van der Waals surface area contributed by atoms with E-state index in [0.717, 1.165) is 10.5 Å². The van der Waals surface area contributed by atoms with Crippen molar-refractivity contribution in [3.8, 4) is 11.8 Å². The Labute approximate surface area is 180 Å². The number of nitriles is 1. The zero-order valence-electron chi connectivity index (χ0n) is 16.5. The van der Waals surface area contributed by atoms with Gasteiger partial charge in [0.2, 0.25) is 0 Å². The maximum absolute atomic E-state index is 12.7. The molecule has 0 saturated heterocycles. The van der Waals surface area contributed by atoms with Crippen LogP contribution in [0.1, 0.15) is 33.2 Å². The maximum atomic E-state index is 12.7. The summed E-state index contributed by atoms with van der Waals surface area (Å²) in [6.45, 7) is 0.111. The Morgan fingerprint density at radius 2 is 1.80 bits per heavy atom. The van der Waals surface area contributed by atoms with Crippen LogP contribution in [0.5, 0.6) is 5.75 Å². The second-order valence-corrected chi connectivity index (χ2v) is 7.61. The van der Waals surface area contributed by atoms with Crippen LogP contribution >= 0.6 is 11.8 Å². The third-order valence-corrected chi connectivity index (χ3v) is 5.71. The Balaban J connectivity index is 1.60. The number of nitrogens with zero attached hydrogens (tertiary/aromatic N) is 1. The van der Waals surface area contributed by atoms with Crippen molar-refractivity contribution in [2.45, 2.75) is 16.8 Å². The van der Waals surface area contributed by atoms with E-state index in [-0.39, 0.29) is 12.5 Å². The number of nitrogens with one attached hydrogen (secondary N) is 1. The number of methoxy groups -OCH3 is 1. The molecule has 5 nitrogen and oxygen atoms in total. The van der Waals surface area contributed by atoms with Gasteiger partial charge < -0.3 is 15.2 Å². The Kier molecular flexibility index (Phi) is 7.50. The number of benzene rings is 3. The molecule has 0 aromatic heterocycles. The second-order valence-electron chi connectivity index (χ2n) is 6.59. The molecule has 3 rings (SSSR count). The second kappa shape index (κ2) is 10.5. The fraction of sp³-hybridized carbons (Fsp3) is 0.167. The van der Waals surface area contributed by atoms with Gasteiger partial charge in [-0.1, -0.05) is 36.4 Å². The van der Waals surface area contributed by atoms with Gasteiger partial charge in [0.1, 0.15) is 5.75 Å². The summed E-state index contributed by atoms with van der Waals surface area (Å²) in [5, 5.41) is 22.1. The van der Waals surface area contributed by atoms with Gasteiger partial charge in [0.15, 0.2) is 0 Å². The fourth-order valence-electron chi connectivity index (χ4n) is 2.85. The molecule has 2 N–H and O–H groups in total. The first-order valence-corrected chi connectivity index (χ1v) is 10.4. The number of ether oxygens (including phenoxy) is 1. The van der Waals surface area contributed by atoms with E-state index in [0.29, 0.717) is 28.2 Å². The first-order chi connectivity index (χ1) is 14.6. The third-order valence-electron chi connectivity index (χ3n) is 4.57. The van der Waals surface area contributed by atoms with Crippen LogP contribution in [0.3, 0.4) is 0 Å². The minimum atomic E-state index is -0.807. The van der Waals surface area contributed by atoms with Gasteiger partial charge in [-0.25, -0.2) is 0 Å². The molecular weight excluding hydrogens is 396 g/mol. The lowest BCUT2D eigenvalue weighted by Gasteiger charge is -2.14. The number of carbonyl (C=O) groups is 1. The highest BCUT2D eigenvalue weighted by atomic mass is 32.2. The molecule has 0 radical (unpaired) electrons. The van der Waals surface area contributed by atoms with Crippen molar-refractivity contribution in [1.29, 1.82) is 5.26 Å². The summed E-state index contributed by atoms with van der Waals surface area (Å²) in [4.78, 5) is 13.6. The van der Waals surface area contributed by atoms with E-state index in [1.54, 1.807) is 61.3 Å². The summed E-state index contributed by atoms with van der Waals surface area (Å²) < 4.78 is 5.12. The summed E-state index contributed by atoms with van der Waals surface area (Å²) in [5.41, 5.74) is 2.97. The number of hydrogen-bond acceptors (Lipinski definition) is 5. The van der Waals surface area contributed by atoms with Crippen LogP contribution < -0.4 is 10.1 Å². The number of rotatable bonds is 8. The van der Waals surface area contributed by atoms with Gasteiger partial charge in [0.05, 0.1) is 30.4 Å². The van der Waals surface area contributed by atoms with Crippen molar-refractivity contribution < 1.29 is 14.6 Å². The first-order valence-electron chi connectivity index (χ1n) is 9.42. The lowest BCUT2D eigenvalue weighted by Crippen LogP contribution is -2.28. The number of amides is 1. The predicted molar refractivity (Wildman–Crippen MR) is 117 cm³/mol. The monoisotopic (exact) mass is 418 g/mol. The average Bonchev–Trinajstić information content (AvgIpc) is 2.81. The van der Waals surface area contributed by atoms with Crippen LogP contribution in [-0.2, 0) is 5.75 Å². The van der Waals surface area contributed by atoms with E-state index in [2.05, 4.69) is 11.4 Å². The Hall–Kier alpha value is -3.27. The maximum Gasteiger partial charge on any atom is 0.252 e. The Morgan fingerprint density at radius 1 is 1.10 bits per heavy atom.